The van der Waals surface area contributed by atoms with Crippen LogP contribution >= 0.6 is 0 Å². The topological polar surface area (TPSA) is 84.4 Å². The average Bonchev–Trinajstić information content (AvgIpc) is 3.25. The highest BCUT2D eigenvalue weighted by Gasteiger charge is 2.25. The van der Waals surface area contributed by atoms with Gasteiger partial charge < -0.3 is 10.0 Å². The minimum atomic E-state index is -0.745. The Kier molecular flexibility index (Phi) is 5.28. The SMILES string of the molecule is O=[N+]([O-])c1cnn(CC(O)CN(c2ccc(F)cc2)C2CCCC2)c1. The minimum absolute atomic E-state index is 0.0987. The second-order valence-electron chi connectivity index (χ2n) is 6.40. The van der Waals surface area contributed by atoms with Gasteiger partial charge >= 0.3 is 5.69 Å². The third kappa shape index (κ3) is 4.33. The van der Waals surface area contributed by atoms with Crippen LogP contribution in [-0.4, -0.2) is 38.5 Å². The van der Waals surface area contributed by atoms with E-state index in [1.165, 1.54) is 29.2 Å². The van der Waals surface area contributed by atoms with E-state index in [1.54, 1.807) is 12.1 Å². The molecule has 134 valence electrons. The molecule has 0 radical (unpaired) electrons. The fraction of sp³-hybridized carbons (Fsp3) is 0.471. The first-order valence-corrected chi connectivity index (χ1v) is 8.40. The Balaban J connectivity index is 1.70. The number of nitrogens with zero attached hydrogens (tertiary/aromatic N) is 4. The zero-order valence-corrected chi connectivity index (χ0v) is 13.8. The van der Waals surface area contributed by atoms with Crippen molar-refractivity contribution in [2.75, 3.05) is 11.4 Å². The second-order valence-corrected chi connectivity index (χ2v) is 6.40. The molecule has 25 heavy (non-hydrogen) atoms. The van der Waals surface area contributed by atoms with Crippen LogP contribution in [0.5, 0.6) is 0 Å². The number of aliphatic hydroxyl groups is 1. The van der Waals surface area contributed by atoms with Crippen LogP contribution < -0.4 is 4.90 Å². The van der Waals surface area contributed by atoms with Gasteiger partial charge in [-0.3, -0.25) is 14.8 Å². The fourth-order valence-corrected chi connectivity index (χ4v) is 3.36. The molecule has 1 aromatic heterocycles. The van der Waals surface area contributed by atoms with Crippen LogP contribution in [0.4, 0.5) is 15.8 Å². The first-order chi connectivity index (χ1) is 12.0. The molecule has 0 spiro atoms. The molecule has 1 aliphatic carbocycles. The van der Waals surface area contributed by atoms with E-state index >= 15 is 0 Å². The van der Waals surface area contributed by atoms with Crippen molar-refractivity contribution in [3.8, 4) is 0 Å². The van der Waals surface area contributed by atoms with E-state index in [2.05, 4.69) is 10.00 Å². The van der Waals surface area contributed by atoms with Crippen LogP contribution in [0.2, 0.25) is 0 Å². The standard InChI is InChI=1S/C17H21FN4O3/c18-13-5-7-15(8-6-13)21(14-3-1-2-4-14)12-17(23)11-20-10-16(9-19-20)22(24)25/h5-10,14,17,23H,1-4,11-12H2. The van der Waals surface area contributed by atoms with Gasteiger partial charge in [-0.2, -0.15) is 5.10 Å². The molecule has 2 aromatic rings. The first-order valence-electron chi connectivity index (χ1n) is 8.40. The van der Waals surface area contributed by atoms with Crippen LogP contribution in [0.1, 0.15) is 25.7 Å². The monoisotopic (exact) mass is 348 g/mol. The molecule has 0 bridgehead atoms. The second kappa shape index (κ2) is 7.60. The summed E-state index contributed by atoms with van der Waals surface area (Å²) in [6, 6.07) is 6.59. The molecule has 3 rings (SSSR count). The highest BCUT2D eigenvalue weighted by molar-refractivity contribution is 5.47. The van der Waals surface area contributed by atoms with E-state index in [1.807, 2.05) is 0 Å². The molecule has 1 aromatic carbocycles. The van der Waals surface area contributed by atoms with E-state index in [-0.39, 0.29) is 18.0 Å². The van der Waals surface area contributed by atoms with Gasteiger partial charge in [0.05, 0.1) is 17.6 Å². The van der Waals surface area contributed by atoms with Crippen molar-refractivity contribution < 1.29 is 14.4 Å². The summed E-state index contributed by atoms with van der Waals surface area (Å²) < 4.78 is 14.6. The summed E-state index contributed by atoms with van der Waals surface area (Å²) in [5, 5.41) is 25.1. The van der Waals surface area contributed by atoms with E-state index in [0.29, 0.717) is 12.6 Å². The minimum Gasteiger partial charge on any atom is -0.389 e. The molecule has 8 heteroatoms. The number of aromatic nitrogens is 2. The van der Waals surface area contributed by atoms with Crippen molar-refractivity contribution >= 4 is 11.4 Å². The van der Waals surface area contributed by atoms with E-state index in [4.69, 9.17) is 0 Å². The lowest BCUT2D eigenvalue weighted by Crippen LogP contribution is -2.40. The molecule has 1 heterocycles. The van der Waals surface area contributed by atoms with Crippen molar-refractivity contribution in [2.24, 2.45) is 0 Å². The smallest absolute Gasteiger partial charge is 0.306 e. The molecule has 1 unspecified atom stereocenters. The lowest BCUT2D eigenvalue weighted by Gasteiger charge is -2.33. The van der Waals surface area contributed by atoms with E-state index in [9.17, 15) is 19.6 Å². The van der Waals surface area contributed by atoms with Gasteiger partial charge in [0, 0.05) is 18.3 Å². The zero-order chi connectivity index (χ0) is 17.8. The predicted octanol–water partition coefficient (Wildman–Crippen LogP) is 2.74. The number of hydrogen-bond acceptors (Lipinski definition) is 5. The summed E-state index contributed by atoms with van der Waals surface area (Å²) in [6.07, 6.45) is 6.09. The molecule has 0 saturated heterocycles. The van der Waals surface area contributed by atoms with Gasteiger partial charge in [-0.1, -0.05) is 12.8 Å². The third-order valence-corrected chi connectivity index (χ3v) is 4.56. The van der Waals surface area contributed by atoms with Crippen LogP contribution in [0, 0.1) is 15.9 Å². The molecular formula is C17H21FN4O3. The largest absolute Gasteiger partial charge is 0.389 e. The Morgan fingerprint density at radius 2 is 2.04 bits per heavy atom. The number of nitro groups is 1. The first kappa shape index (κ1) is 17.3. The summed E-state index contributed by atoms with van der Waals surface area (Å²) in [5.41, 5.74) is 0.775. The summed E-state index contributed by atoms with van der Waals surface area (Å²) in [4.78, 5) is 12.3. The number of anilines is 1. The molecular weight excluding hydrogens is 327 g/mol. The molecule has 7 nitrogen and oxygen atoms in total. The molecule has 1 aliphatic rings. The quantitative estimate of drug-likeness (QED) is 0.614. The highest BCUT2D eigenvalue weighted by atomic mass is 19.1. The van der Waals surface area contributed by atoms with Gasteiger partial charge in [0.25, 0.3) is 0 Å². The van der Waals surface area contributed by atoms with Crippen LogP contribution in [0.15, 0.2) is 36.7 Å². The zero-order valence-electron chi connectivity index (χ0n) is 13.8. The maximum atomic E-state index is 13.2. The number of halogens is 1. The summed E-state index contributed by atoms with van der Waals surface area (Å²) in [6.45, 7) is 0.530. The van der Waals surface area contributed by atoms with Gasteiger partial charge in [0.1, 0.15) is 18.2 Å². The van der Waals surface area contributed by atoms with E-state index in [0.717, 1.165) is 31.4 Å². The molecule has 1 N–H and O–H groups in total. The average molecular weight is 348 g/mol. The van der Waals surface area contributed by atoms with Crippen molar-refractivity contribution in [2.45, 2.75) is 44.4 Å². The Hall–Kier alpha value is -2.48. The Bertz CT molecular complexity index is 713. The van der Waals surface area contributed by atoms with Gasteiger partial charge in [-0.25, -0.2) is 4.39 Å². The molecule has 0 amide bonds. The molecule has 0 aliphatic heterocycles. The van der Waals surface area contributed by atoms with Crippen molar-refractivity contribution in [3.63, 3.8) is 0 Å². The lowest BCUT2D eigenvalue weighted by molar-refractivity contribution is -0.385. The van der Waals surface area contributed by atoms with Gasteiger partial charge in [-0.15, -0.1) is 0 Å². The molecule has 1 atom stereocenters. The van der Waals surface area contributed by atoms with Gasteiger partial charge in [0.2, 0.25) is 0 Å². The lowest BCUT2D eigenvalue weighted by atomic mass is 10.1. The van der Waals surface area contributed by atoms with Gasteiger partial charge in [-0.05, 0) is 37.1 Å². The van der Waals surface area contributed by atoms with Crippen molar-refractivity contribution in [3.05, 3.63) is 52.6 Å². The maximum absolute atomic E-state index is 13.2. The number of benzene rings is 1. The number of rotatable bonds is 7. The highest BCUT2D eigenvalue weighted by Crippen LogP contribution is 2.28. The van der Waals surface area contributed by atoms with Crippen molar-refractivity contribution in [1.82, 2.24) is 9.78 Å². The number of aliphatic hydroxyl groups excluding tert-OH is 1. The molecule has 1 fully saturated rings. The van der Waals surface area contributed by atoms with Crippen LogP contribution in [0.25, 0.3) is 0 Å². The predicted molar refractivity (Wildman–Crippen MR) is 90.9 cm³/mol. The van der Waals surface area contributed by atoms with Crippen molar-refractivity contribution in [1.29, 1.82) is 0 Å². The summed E-state index contributed by atoms with van der Waals surface area (Å²) in [7, 11) is 0. The normalized spacial score (nSPS) is 16.1. The summed E-state index contributed by atoms with van der Waals surface area (Å²) >= 11 is 0. The fourth-order valence-electron chi connectivity index (χ4n) is 3.36. The number of hydrogen-bond donors (Lipinski definition) is 1. The van der Waals surface area contributed by atoms with Crippen LogP contribution in [-0.2, 0) is 6.54 Å². The summed E-state index contributed by atoms with van der Waals surface area (Å²) in [5.74, 6) is -0.292. The third-order valence-electron chi connectivity index (χ3n) is 4.56. The van der Waals surface area contributed by atoms with E-state index < -0.39 is 11.0 Å². The Morgan fingerprint density at radius 3 is 2.64 bits per heavy atom. The molecule has 1 saturated carbocycles. The maximum Gasteiger partial charge on any atom is 0.306 e. The van der Waals surface area contributed by atoms with Gasteiger partial charge in [0.15, 0.2) is 0 Å². The Labute approximate surface area is 144 Å². The van der Waals surface area contributed by atoms with Crippen LogP contribution in [0.3, 0.4) is 0 Å². The Morgan fingerprint density at radius 1 is 1.36 bits per heavy atom.